The number of carbonyl (C=O) groups is 1. The van der Waals surface area contributed by atoms with E-state index in [9.17, 15) is 4.79 Å². The third-order valence-electron chi connectivity index (χ3n) is 3.32. The van der Waals surface area contributed by atoms with Crippen molar-refractivity contribution < 1.29 is 14.7 Å². The first kappa shape index (κ1) is 13.5. The number of fused-ring (bicyclic) bond motifs is 1. The van der Waals surface area contributed by atoms with Crippen LogP contribution in [0.1, 0.15) is 35.6 Å². The zero-order valence-electron chi connectivity index (χ0n) is 10.9. The summed E-state index contributed by atoms with van der Waals surface area (Å²) in [5, 5.41) is 14.6. The van der Waals surface area contributed by atoms with Crippen LogP contribution in [-0.4, -0.2) is 31.0 Å². The third-order valence-corrected chi connectivity index (χ3v) is 3.32. The van der Waals surface area contributed by atoms with Crippen molar-refractivity contribution in [1.82, 2.24) is 5.32 Å². The van der Waals surface area contributed by atoms with Crippen molar-refractivity contribution in [3.05, 3.63) is 34.9 Å². The molecule has 0 aliphatic heterocycles. The number of oxime groups is 1. The van der Waals surface area contributed by atoms with E-state index in [2.05, 4.69) is 10.5 Å². The van der Waals surface area contributed by atoms with Crippen LogP contribution in [0.25, 0.3) is 0 Å². The van der Waals surface area contributed by atoms with Gasteiger partial charge in [-0.3, -0.25) is 4.79 Å². The standard InChI is InChI=1S/C14H18N2O3/c1-19-7-6-14(17)16-13-5-3-11-8-10(9-15-18)2-4-12(11)13/h2,4,8-9,13,18H,3,5-7H2,1H3,(H,16,17). The summed E-state index contributed by atoms with van der Waals surface area (Å²) >= 11 is 0. The molecule has 0 saturated carbocycles. The van der Waals surface area contributed by atoms with E-state index in [1.807, 2.05) is 18.2 Å². The summed E-state index contributed by atoms with van der Waals surface area (Å²) in [5.41, 5.74) is 3.22. The van der Waals surface area contributed by atoms with Gasteiger partial charge < -0.3 is 15.3 Å². The predicted octanol–water partition coefficient (Wildman–Crippen LogP) is 1.63. The minimum Gasteiger partial charge on any atom is -0.411 e. The Balaban J connectivity index is 2.03. The van der Waals surface area contributed by atoms with Crippen molar-refractivity contribution in [2.45, 2.75) is 25.3 Å². The number of hydrogen-bond acceptors (Lipinski definition) is 4. The summed E-state index contributed by atoms with van der Waals surface area (Å²) in [7, 11) is 1.59. The maximum absolute atomic E-state index is 11.7. The molecule has 5 heteroatoms. The van der Waals surface area contributed by atoms with Crippen LogP contribution in [-0.2, 0) is 16.0 Å². The number of hydrogen-bond donors (Lipinski definition) is 2. The molecule has 0 aromatic heterocycles. The minimum atomic E-state index is 0.0145. The van der Waals surface area contributed by atoms with Crippen molar-refractivity contribution in [3.8, 4) is 0 Å². The maximum atomic E-state index is 11.7. The summed E-state index contributed by atoms with van der Waals surface area (Å²) in [5.74, 6) is 0.0145. The van der Waals surface area contributed by atoms with Gasteiger partial charge in [0.15, 0.2) is 0 Å². The monoisotopic (exact) mass is 262 g/mol. The highest BCUT2D eigenvalue weighted by molar-refractivity contribution is 5.80. The molecule has 2 rings (SSSR count). The number of rotatable bonds is 5. The molecule has 0 fully saturated rings. The number of aryl methyl sites for hydroxylation is 1. The van der Waals surface area contributed by atoms with E-state index in [-0.39, 0.29) is 11.9 Å². The fraction of sp³-hybridized carbons (Fsp3) is 0.429. The molecule has 1 atom stereocenters. The Labute approximate surface area is 112 Å². The lowest BCUT2D eigenvalue weighted by molar-refractivity contribution is -0.122. The lowest BCUT2D eigenvalue weighted by Crippen LogP contribution is -2.27. The van der Waals surface area contributed by atoms with Gasteiger partial charge in [-0.15, -0.1) is 0 Å². The van der Waals surface area contributed by atoms with Gasteiger partial charge in [0.1, 0.15) is 0 Å². The highest BCUT2D eigenvalue weighted by atomic mass is 16.5. The Morgan fingerprint density at radius 2 is 2.47 bits per heavy atom. The quantitative estimate of drug-likeness (QED) is 0.481. The molecule has 2 N–H and O–H groups in total. The number of benzene rings is 1. The molecule has 5 nitrogen and oxygen atoms in total. The second kappa shape index (κ2) is 6.33. The first-order valence-electron chi connectivity index (χ1n) is 6.33. The largest absolute Gasteiger partial charge is 0.411 e. The van der Waals surface area contributed by atoms with Gasteiger partial charge >= 0.3 is 0 Å². The lowest BCUT2D eigenvalue weighted by atomic mass is 10.1. The van der Waals surface area contributed by atoms with Crippen LogP contribution in [0, 0.1) is 0 Å². The fourth-order valence-electron chi connectivity index (χ4n) is 2.40. The summed E-state index contributed by atoms with van der Waals surface area (Å²) in [4.78, 5) is 11.7. The molecule has 19 heavy (non-hydrogen) atoms. The van der Waals surface area contributed by atoms with E-state index in [1.165, 1.54) is 11.8 Å². The summed E-state index contributed by atoms with van der Waals surface area (Å²) in [6.45, 7) is 0.442. The second-order valence-corrected chi connectivity index (χ2v) is 4.60. The number of carbonyl (C=O) groups excluding carboxylic acids is 1. The summed E-state index contributed by atoms with van der Waals surface area (Å²) in [6, 6.07) is 5.95. The normalized spacial score (nSPS) is 17.6. The van der Waals surface area contributed by atoms with Gasteiger partial charge in [0.05, 0.1) is 18.9 Å². The van der Waals surface area contributed by atoms with Gasteiger partial charge in [-0.1, -0.05) is 17.3 Å². The van der Waals surface area contributed by atoms with Crippen LogP contribution in [0.5, 0.6) is 0 Å². The van der Waals surface area contributed by atoms with E-state index in [4.69, 9.17) is 9.94 Å². The molecule has 0 saturated heterocycles. The number of amides is 1. The van der Waals surface area contributed by atoms with E-state index >= 15 is 0 Å². The topological polar surface area (TPSA) is 70.9 Å². The van der Waals surface area contributed by atoms with E-state index in [0.29, 0.717) is 13.0 Å². The van der Waals surface area contributed by atoms with E-state index in [0.717, 1.165) is 24.0 Å². The molecule has 1 aliphatic rings. The van der Waals surface area contributed by atoms with Crippen molar-refractivity contribution >= 4 is 12.1 Å². The van der Waals surface area contributed by atoms with Crippen molar-refractivity contribution in [1.29, 1.82) is 0 Å². The Bertz CT molecular complexity index is 486. The molecule has 0 bridgehead atoms. The number of nitrogens with one attached hydrogen (secondary N) is 1. The molecular formula is C14H18N2O3. The van der Waals surface area contributed by atoms with Crippen LogP contribution in [0.4, 0.5) is 0 Å². The van der Waals surface area contributed by atoms with Crippen LogP contribution in [0.3, 0.4) is 0 Å². The molecule has 0 radical (unpaired) electrons. The van der Waals surface area contributed by atoms with Crippen LogP contribution in [0.15, 0.2) is 23.4 Å². The van der Waals surface area contributed by atoms with Gasteiger partial charge in [-0.25, -0.2) is 0 Å². The van der Waals surface area contributed by atoms with Crippen LogP contribution >= 0.6 is 0 Å². The Morgan fingerprint density at radius 3 is 3.21 bits per heavy atom. The van der Waals surface area contributed by atoms with Gasteiger partial charge in [-0.2, -0.15) is 0 Å². The smallest absolute Gasteiger partial charge is 0.222 e. The first-order chi connectivity index (χ1) is 9.24. The highest BCUT2D eigenvalue weighted by Crippen LogP contribution is 2.31. The summed E-state index contributed by atoms with van der Waals surface area (Å²) in [6.07, 6.45) is 3.63. The zero-order valence-corrected chi connectivity index (χ0v) is 10.9. The molecule has 1 unspecified atom stereocenters. The van der Waals surface area contributed by atoms with Gasteiger partial charge in [0.25, 0.3) is 0 Å². The number of methoxy groups -OCH3 is 1. The van der Waals surface area contributed by atoms with Gasteiger partial charge in [-0.05, 0) is 35.6 Å². The SMILES string of the molecule is COCCC(=O)NC1CCc2cc(C=NO)ccc21. The first-order valence-corrected chi connectivity index (χ1v) is 6.33. The number of nitrogens with zero attached hydrogens (tertiary/aromatic N) is 1. The predicted molar refractivity (Wildman–Crippen MR) is 71.5 cm³/mol. The molecule has 1 aliphatic carbocycles. The lowest BCUT2D eigenvalue weighted by Gasteiger charge is -2.14. The van der Waals surface area contributed by atoms with E-state index in [1.54, 1.807) is 7.11 Å². The van der Waals surface area contributed by atoms with Gasteiger partial charge in [0, 0.05) is 13.5 Å². The molecular weight excluding hydrogens is 244 g/mol. The molecule has 102 valence electrons. The fourth-order valence-corrected chi connectivity index (χ4v) is 2.40. The molecule has 0 spiro atoms. The average molecular weight is 262 g/mol. The second-order valence-electron chi connectivity index (χ2n) is 4.60. The van der Waals surface area contributed by atoms with Crippen LogP contribution < -0.4 is 5.32 Å². The van der Waals surface area contributed by atoms with Crippen molar-refractivity contribution in [3.63, 3.8) is 0 Å². The third kappa shape index (κ3) is 3.32. The average Bonchev–Trinajstić information content (AvgIpc) is 2.79. The molecule has 0 heterocycles. The van der Waals surface area contributed by atoms with Gasteiger partial charge in [0.2, 0.25) is 5.91 Å². The maximum Gasteiger partial charge on any atom is 0.222 e. The Hall–Kier alpha value is -1.88. The highest BCUT2D eigenvalue weighted by Gasteiger charge is 2.23. The van der Waals surface area contributed by atoms with Crippen LogP contribution in [0.2, 0.25) is 0 Å². The molecule has 1 aromatic carbocycles. The zero-order chi connectivity index (χ0) is 13.7. The number of ether oxygens (including phenoxy) is 1. The Morgan fingerprint density at radius 1 is 1.63 bits per heavy atom. The Kier molecular flexibility index (Phi) is 4.52. The van der Waals surface area contributed by atoms with Crippen molar-refractivity contribution in [2.24, 2.45) is 5.16 Å². The summed E-state index contributed by atoms with van der Waals surface area (Å²) < 4.78 is 4.89. The minimum absolute atomic E-state index is 0.0145. The molecule has 1 aromatic rings. The van der Waals surface area contributed by atoms with Crippen molar-refractivity contribution in [2.75, 3.05) is 13.7 Å². The molecule has 1 amide bonds. The van der Waals surface area contributed by atoms with E-state index < -0.39 is 0 Å².